The van der Waals surface area contributed by atoms with Gasteiger partial charge in [0.25, 0.3) is 0 Å². The fourth-order valence-corrected chi connectivity index (χ4v) is 2.20. The molecule has 0 bridgehead atoms. The zero-order valence-electron chi connectivity index (χ0n) is 9.71. The summed E-state index contributed by atoms with van der Waals surface area (Å²) in [6.45, 7) is 0.501. The summed E-state index contributed by atoms with van der Waals surface area (Å²) in [6.07, 6.45) is 2.15. The topological polar surface area (TPSA) is 55.1 Å². The highest BCUT2D eigenvalue weighted by atomic mass is 35.5. The van der Waals surface area contributed by atoms with Crippen LogP contribution in [0.3, 0.4) is 0 Å². The van der Waals surface area contributed by atoms with Crippen LogP contribution in [0, 0.1) is 0 Å². The van der Waals surface area contributed by atoms with Gasteiger partial charge in [-0.3, -0.25) is 4.79 Å². The maximum atomic E-state index is 11.6. The Bertz CT molecular complexity index is 427. The fourth-order valence-electron chi connectivity index (χ4n) is 1.61. The first-order chi connectivity index (χ1) is 8.03. The molecular weight excluding hydrogens is 295 g/mol. The minimum absolute atomic E-state index is 0. The van der Waals surface area contributed by atoms with Crippen LogP contribution in [0.2, 0.25) is 10.0 Å². The van der Waals surface area contributed by atoms with Gasteiger partial charge in [0.15, 0.2) is 0 Å². The molecule has 0 spiro atoms. The first kappa shape index (κ1) is 15.6. The van der Waals surface area contributed by atoms with Crippen molar-refractivity contribution in [1.82, 2.24) is 5.32 Å². The largest absolute Gasteiger partial charge is 0.354 e. The van der Waals surface area contributed by atoms with E-state index in [-0.39, 0.29) is 18.3 Å². The Kier molecular flexibility index (Phi) is 5.29. The lowest BCUT2D eigenvalue weighted by Crippen LogP contribution is -2.43. The van der Waals surface area contributed by atoms with Crippen LogP contribution in [0.15, 0.2) is 18.2 Å². The number of nitrogens with two attached hydrogens (primary N) is 1. The molecule has 3 nitrogen and oxygen atoms in total. The Morgan fingerprint density at radius 3 is 2.39 bits per heavy atom. The van der Waals surface area contributed by atoms with Crippen LogP contribution < -0.4 is 11.1 Å². The minimum atomic E-state index is -0.621. The van der Waals surface area contributed by atoms with Gasteiger partial charge in [0, 0.05) is 16.6 Å². The number of rotatable bonds is 4. The quantitative estimate of drug-likeness (QED) is 0.898. The highest BCUT2D eigenvalue weighted by Crippen LogP contribution is 2.32. The van der Waals surface area contributed by atoms with E-state index < -0.39 is 5.54 Å². The lowest BCUT2D eigenvalue weighted by Gasteiger charge is -2.11. The molecule has 1 aromatic rings. The van der Waals surface area contributed by atoms with Gasteiger partial charge >= 0.3 is 0 Å². The first-order valence-electron chi connectivity index (χ1n) is 5.53. The maximum Gasteiger partial charge on any atom is 0.240 e. The van der Waals surface area contributed by atoms with Crippen molar-refractivity contribution in [2.24, 2.45) is 5.73 Å². The van der Waals surface area contributed by atoms with E-state index in [0.717, 1.165) is 18.4 Å². The fraction of sp³-hybridized carbons (Fsp3) is 0.417. The van der Waals surface area contributed by atoms with Gasteiger partial charge < -0.3 is 11.1 Å². The number of nitrogens with one attached hydrogen (secondary N) is 1. The van der Waals surface area contributed by atoms with E-state index in [2.05, 4.69) is 5.32 Å². The highest BCUT2D eigenvalue weighted by molar-refractivity contribution is 6.35. The van der Waals surface area contributed by atoms with Gasteiger partial charge in [-0.1, -0.05) is 29.3 Å². The lowest BCUT2D eigenvalue weighted by atomic mass is 10.1. The van der Waals surface area contributed by atoms with Crippen molar-refractivity contribution >= 4 is 41.5 Å². The standard InChI is InChI=1S/C12H14Cl2N2O.ClH/c13-9-2-1-3-10(14)8(9)4-7-16-11(17)12(15)5-6-12;/h1-3H,4-7,15H2,(H,16,17);1H. The van der Waals surface area contributed by atoms with Gasteiger partial charge in [-0.25, -0.2) is 0 Å². The molecule has 2 rings (SSSR count). The summed E-state index contributed by atoms with van der Waals surface area (Å²) >= 11 is 12.1. The molecule has 0 atom stereocenters. The van der Waals surface area contributed by atoms with Gasteiger partial charge in [0.1, 0.15) is 0 Å². The molecule has 0 aliphatic heterocycles. The van der Waals surface area contributed by atoms with Crippen molar-refractivity contribution in [2.75, 3.05) is 6.54 Å². The van der Waals surface area contributed by atoms with E-state index in [1.54, 1.807) is 18.2 Å². The van der Waals surface area contributed by atoms with Crippen LogP contribution in [-0.2, 0) is 11.2 Å². The number of halogens is 3. The lowest BCUT2D eigenvalue weighted by molar-refractivity contribution is -0.123. The molecule has 6 heteroatoms. The van der Waals surface area contributed by atoms with Crippen LogP contribution in [0.25, 0.3) is 0 Å². The van der Waals surface area contributed by atoms with Crippen molar-refractivity contribution in [3.8, 4) is 0 Å². The molecule has 100 valence electrons. The molecule has 3 N–H and O–H groups in total. The molecule has 18 heavy (non-hydrogen) atoms. The van der Waals surface area contributed by atoms with E-state index in [0.29, 0.717) is 23.0 Å². The van der Waals surface area contributed by atoms with Gasteiger partial charge in [-0.15, -0.1) is 12.4 Å². The van der Waals surface area contributed by atoms with Crippen molar-refractivity contribution in [2.45, 2.75) is 24.8 Å². The molecule has 0 radical (unpaired) electrons. The van der Waals surface area contributed by atoms with Crippen LogP contribution in [0.1, 0.15) is 18.4 Å². The monoisotopic (exact) mass is 308 g/mol. The average Bonchev–Trinajstić information content (AvgIpc) is 3.02. The number of hydrogen-bond acceptors (Lipinski definition) is 2. The summed E-state index contributed by atoms with van der Waals surface area (Å²) in [6, 6.07) is 5.37. The second-order valence-electron chi connectivity index (χ2n) is 4.36. The van der Waals surface area contributed by atoms with E-state index in [4.69, 9.17) is 28.9 Å². The summed E-state index contributed by atoms with van der Waals surface area (Å²) in [4.78, 5) is 11.6. The summed E-state index contributed by atoms with van der Waals surface area (Å²) in [7, 11) is 0. The number of hydrogen-bond donors (Lipinski definition) is 2. The molecule has 1 fully saturated rings. The predicted molar refractivity (Wildman–Crippen MR) is 76.6 cm³/mol. The van der Waals surface area contributed by atoms with Gasteiger partial charge in [0.05, 0.1) is 5.54 Å². The van der Waals surface area contributed by atoms with Crippen LogP contribution >= 0.6 is 35.6 Å². The Morgan fingerprint density at radius 1 is 1.33 bits per heavy atom. The third-order valence-corrected chi connectivity index (χ3v) is 3.67. The average molecular weight is 310 g/mol. The highest BCUT2D eigenvalue weighted by Gasteiger charge is 2.45. The van der Waals surface area contributed by atoms with Gasteiger partial charge in [0.2, 0.25) is 5.91 Å². The molecule has 1 amide bonds. The number of benzene rings is 1. The number of amides is 1. The number of carbonyl (C=O) groups is 1. The van der Waals surface area contributed by atoms with Gasteiger partial charge in [-0.2, -0.15) is 0 Å². The SMILES string of the molecule is Cl.NC1(C(=O)NCCc2c(Cl)cccc2Cl)CC1. The second-order valence-corrected chi connectivity index (χ2v) is 5.18. The molecule has 1 aliphatic carbocycles. The molecule has 1 saturated carbocycles. The van der Waals surface area contributed by atoms with Crippen LogP contribution in [0.5, 0.6) is 0 Å². The Morgan fingerprint density at radius 2 is 1.89 bits per heavy atom. The normalized spacial score (nSPS) is 15.7. The zero-order chi connectivity index (χ0) is 12.5. The van der Waals surface area contributed by atoms with Crippen molar-refractivity contribution < 1.29 is 4.79 Å². The summed E-state index contributed by atoms with van der Waals surface area (Å²) in [5.41, 5.74) is 6.00. The van der Waals surface area contributed by atoms with Crippen molar-refractivity contribution in [3.05, 3.63) is 33.8 Å². The second kappa shape index (κ2) is 6.11. The first-order valence-corrected chi connectivity index (χ1v) is 6.28. The number of carbonyl (C=O) groups excluding carboxylic acids is 1. The molecule has 0 unspecified atom stereocenters. The van der Waals surface area contributed by atoms with Crippen LogP contribution in [0.4, 0.5) is 0 Å². The minimum Gasteiger partial charge on any atom is -0.354 e. The Balaban J connectivity index is 0.00000162. The third kappa shape index (κ3) is 3.51. The molecule has 1 aliphatic rings. The van der Waals surface area contributed by atoms with E-state index in [9.17, 15) is 4.79 Å². The Labute approximate surface area is 122 Å². The molecular formula is C12H15Cl3N2O. The van der Waals surface area contributed by atoms with E-state index in [1.807, 2.05) is 0 Å². The smallest absolute Gasteiger partial charge is 0.240 e. The summed E-state index contributed by atoms with van der Waals surface area (Å²) < 4.78 is 0. The van der Waals surface area contributed by atoms with Crippen LogP contribution in [-0.4, -0.2) is 18.0 Å². The van der Waals surface area contributed by atoms with Crippen molar-refractivity contribution in [3.63, 3.8) is 0 Å². The summed E-state index contributed by atoms with van der Waals surface area (Å²) in [5, 5.41) is 4.06. The van der Waals surface area contributed by atoms with Gasteiger partial charge in [-0.05, 0) is 37.0 Å². The molecule has 0 heterocycles. The zero-order valence-corrected chi connectivity index (χ0v) is 12.0. The van der Waals surface area contributed by atoms with Crippen molar-refractivity contribution in [1.29, 1.82) is 0 Å². The third-order valence-electron chi connectivity index (χ3n) is 2.96. The van der Waals surface area contributed by atoms with E-state index >= 15 is 0 Å². The predicted octanol–water partition coefficient (Wildman–Crippen LogP) is 2.57. The Hall–Kier alpha value is -0.480. The molecule has 0 aromatic heterocycles. The van der Waals surface area contributed by atoms with E-state index in [1.165, 1.54) is 0 Å². The maximum absolute atomic E-state index is 11.6. The molecule has 1 aromatic carbocycles. The summed E-state index contributed by atoms with van der Waals surface area (Å²) in [5.74, 6) is -0.0827. The molecule has 0 saturated heterocycles.